The molecule has 0 aromatic heterocycles. The lowest BCUT2D eigenvalue weighted by atomic mass is 9.67. The van der Waals surface area contributed by atoms with Gasteiger partial charge in [0.25, 0.3) is 0 Å². The molecule has 43 heavy (non-hydrogen) atoms. The van der Waals surface area contributed by atoms with Gasteiger partial charge in [-0.05, 0) is 108 Å². The Morgan fingerprint density at radius 1 is 0.581 bits per heavy atom. The Balaban J connectivity index is 1.51. The molecule has 2 N–H and O–H groups in total. The summed E-state index contributed by atoms with van der Waals surface area (Å²) in [5, 5.41) is 0. The van der Waals surface area contributed by atoms with Crippen molar-refractivity contribution in [2.75, 3.05) is 24.7 Å². The molecular weight excluding hydrogens is 716 g/mol. The Labute approximate surface area is 274 Å². The molecule has 0 radical (unpaired) electrons. The molecule has 0 saturated carbocycles. The van der Waals surface area contributed by atoms with E-state index in [1.165, 1.54) is 22.3 Å². The summed E-state index contributed by atoms with van der Waals surface area (Å²) in [6, 6.07) is 29.3. The van der Waals surface area contributed by atoms with Gasteiger partial charge in [-0.25, -0.2) is 8.42 Å². The number of fused-ring (bicyclic) bond motifs is 3. The lowest BCUT2D eigenvalue weighted by Gasteiger charge is -2.34. The SMILES string of the molecule is O=S(O)CCCCOc1ccc(C2(c3ccc(OCCCCS(=O)O)cc3)c3cc(Br)ccc3-c3ccc(Br)cc32)cc1. The zero-order valence-corrected chi connectivity index (χ0v) is 28.1. The fourth-order valence-electron chi connectivity index (χ4n) is 5.69. The second kappa shape index (κ2) is 14.6. The smallest absolute Gasteiger partial charge is 0.152 e. The van der Waals surface area contributed by atoms with Gasteiger partial charge in [-0.3, -0.25) is 0 Å². The van der Waals surface area contributed by atoms with E-state index >= 15 is 0 Å². The zero-order chi connectivity index (χ0) is 30.4. The summed E-state index contributed by atoms with van der Waals surface area (Å²) in [4.78, 5) is 0. The van der Waals surface area contributed by atoms with Crippen LogP contribution in [-0.2, 0) is 27.6 Å². The van der Waals surface area contributed by atoms with Crippen molar-refractivity contribution in [3.63, 3.8) is 0 Å². The summed E-state index contributed by atoms with van der Waals surface area (Å²) in [5.74, 6) is 2.01. The van der Waals surface area contributed by atoms with Crippen LogP contribution in [0.4, 0.5) is 0 Å². The van der Waals surface area contributed by atoms with Crippen molar-refractivity contribution in [2.45, 2.75) is 31.1 Å². The fraction of sp³-hybridized carbons (Fsp3) is 0.273. The predicted molar refractivity (Wildman–Crippen MR) is 180 cm³/mol. The van der Waals surface area contributed by atoms with Crippen LogP contribution in [0.5, 0.6) is 11.5 Å². The van der Waals surface area contributed by atoms with Crippen LogP contribution in [0.1, 0.15) is 47.9 Å². The molecule has 5 rings (SSSR count). The van der Waals surface area contributed by atoms with Gasteiger partial charge in [0.2, 0.25) is 0 Å². The molecule has 6 nitrogen and oxygen atoms in total. The molecule has 0 heterocycles. The second-order valence-corrected chi connectivity index (χ2v) is 14.3. The number of hydrogen-bond donors (Lipinski definition) is 2. The minimum atomic E-state index is -1.78. The van der Waals surface area contributed by atoms with Crippen LogP contribution in [0.2, 0.25) is 0 Å². The highest BCUT2D eigenvalue weighted by Gasteiger charge is 2.46. The average Bonchev–Trinajstić information content (AvgIpc) is 3.26. The summed E-state index contributed by atoms with van der Waals surface area (Å²) in [7, 11) is 0. The van der Waals surface area contributed by atoms with Crippen LogP contribution in [0.25, 0.3) is 11.1 Å². The van der Waals surface area contributed by atoms with E-state index in [0.29, 0.717) is 38.9 Å². The molecule has 4 aromatic rings. The van der Waals surface area contributed by atoms with E-state index in [0.717, 1.165) is 31.6 Å². The number of hydrogen-bond acceptors (Lipinski definition) is 4. The van der Waals surface area contributed by atoms with Gasteiger partial charge >= 0.3 is 0 Å². The molecule has 0 aliphatic heterocycles. The summed E-state index contributed by atoms with van der Waals surface area (Å²) in [5.41, 5.74) is 6.28. The Kier molecular flexibility index (Phi) is 10.9. The van der Waals surface area contributed by atoms with Crippen molar-refractivity contribution in [1.29, 1.82) is 0 Å². The monoisotopic (exact) mass is 746 g/mol. The lowest BCUT2D eigenvalue weighted by Crippen LogP contribution is -2.28. The van der Waals surface area contributed by atoms with Gasteiger partial charge in [-0.2, -0.15) is 0 Å². The lowest BCUT2D eigenvalue weighted by molar-refractivity contribution is 0.309. The second-order valence-electron chi connectivity index (χ2n) is 10.3. The molecule has 0 amide bonds. The molecule has 2 atom stereocenters. The topological polar surface area (TPSA) is 93.1 Å². The van der Waals surface area contributed by atoms with Crippen LogP contribution in [-0.4, -0.2) is 42.2 Å². The molecule has 0 saturated heterocycles. The maximum absolute atomic E-state index is 10.9. The van der Waals surface area contributed by atoms with Gasteiger partial charge in [0.1, 0.15) is 11.5 Å². The molecule has 2 unspecified atom stereocenters. The Morgan fingerprint density at radius 3 is 1.35 bits per heavy atom. The van der Waals surface area contributed by atoms with Crippen LogP contribution in [0.15, 0.2) is 93.9 Å². The summed E-state index contributed by atoms with van der Waals surface area (Å²) < 4.78 is 53.7. The van der Waals surface area contributed by atoms with Crippen molar-refractivity contribution in [1.82, 2.24) is 0 Å². The molecule has 1 aliphatic carbocycles. The molecule has 0 spiro atoms. The molecular formula is C33H32Br2O6S2. The van der Waals surface area contributed by atoms with E-state index in [1.54, 1.807) is 0 Å². The molecule has 4 aromatic carbocycles. The van der Waals surface area contributed by atoms with Crippen LogP contribution >= 0.6 is 31.9 Å². The van der Waals surface area contributed by atoms with Crippen molar-refractivity contribution in [3.8, 4) is 22.6 Å². The predicted octanol–water partition coefficient (Wildman–Crippen LogP) is 8.34. The third kappa shape index (κ3) is 7.32. The minimum absolute atomic E-state index is 0.254. The quantitative estimate of drug-likeness (QED) is 0.0877. The van der Waals surface area contributed by atoms with Crippen LogP contribution in [0, 0.1) is 0 Å². The largest absolute Gasteiger partial charge is 0.494 e. The molecule has 10 heteroatoms. The first-order valence-electron chi connectivity index (χ1n) is 14.0. The van der Waals surface area contributed by atoms with Crippen molar-refractivity contribution in [2.24, 2.45) is 0 Å². The summed E-state index contributed by atoms with van der Waals surface area (Å²) >= 11 is 3.90. The fourth-order valence-corrected chi connectivity index (χ4v) is 7.32. The molecule has 0 bridgehead atoms. The summed E-state index contributed by atoms with van der Waals surface area (Å²) in [6.45, 7) is 0.957. The number of unbranched alkanes of at least 4 members (excludes halogenated alkanes) is 2. The molecule has 226 valence electrons. The average molecular weight is 749 g/mol. The number of benzene rings is 4. The zero-order valence-electron chi connectivity index (χ0n) is 23.3. The Morgan fingerprint density at radius 2 is 0.977 bits per heavy atom. The number of halogens is 2. The number of ether oxygens (including phenoxy) is 2. The highest BCUT2D eigenvalue weighted by atomic mass is 79.9. The first-order valence-corrected chi connectivity index (χ1v) is 18.1. The Hall–Kier alpha value is -2.34. The first kappa shape index (κ1) is 32.1. The van der Waals surface area contributed by atoms with Gasteiger partial charge in [0.05, 0.1) is 18.6 Å². The van der Waals surface area contributed by atoms with Crippen molar-refractivity contribution in [3.05, 3.63) is 116 Å². The maximum atomic E-state index is 10.9. The van der Waals surface area contributed by atoms with Crippen molar-refractivity contribution >= 4 is 54.0 Å². The van der Waals surface area contributed by atoms with E-state index in [1.807, 2.05) is 24.3 Å². The highest BCUT2D eigenvalue weighted by molar-refractivity contribution is 9.10. The molecule has 0 fully saturated rings. The van der Waals surface area contributed by atoms with Crippen LogP contribution in [0.3, 0.4) is 0 Å². The highest BCUT2D eigenvalue weighted by Crippen LogP contribution is 2.57. The van der Waals surface area contributed by atoms with Gasteiger partial charge in [-0.15, -0.1) is 0 Å². The van der Waals surface area contributed by atoms with Gasteiger partial charge in [0, 0.05) is 20.5 Å². The minimum Gasteiger partial charge on any atom is -0.494 e. The third-order valence-corrected chi connectivity index (χ3v) is 9.86. The first-order chi connectivity index (χ1) is 20.8. The van der Waals surface area contributed by atoms with E-state index in [9.17, 15) is 8.42 Å². The Bertz CT molecular complexity index is 1490. The normalized spacial score (nSPS) is 14.5. The van der Waals surface area contributed by atoms with Crippen LogP contribution < -0.4 is 9.47 Å². The number of rotatable bonds is 14. The van der Waals surface area contributed by atoms with Gasteiger partial charge in [-0.1, -0.05) is 68.3 Å². The van der Waals surface area contributed by atoms with E-state index in [2.05, 4.69) is 92.5 Å². The van der Waals surface area contributed by atoms with E-state index in [-0.39, 0.29) is 11.5 Å². The van der Waals surface area contributed by atoms with Gasteiger partial charge < -0.3 is 18.6 Å². The maximum Gasteiger partial charge on any atom is 0.152 e. The third-order valence-electron chi connectivity index (χ3n) is 7.60. The standard InChI is InChI=1S/C33H32Br2O6S2/c34-25-9-15-29-30-16-10-26(35)22-32(30)33(31(29)21-25,23-5-11-27(12-6-23)40-17-1-3-19-42(36)37)24-7-13-28(14-8-24)41-18-2-4-20-43(38)39/h5-16,21-22H,1-4,17-20H2,(H,36,37)(H,38,39). The summed E-state index contributed by atoms with van der Waals surface area (Å²) in [6.07, 6.45) is 2.67. The van der Waals surface area contributed by atoms with E-state index < -0.39 is 27.6 Å². The van der Waals surface area contributed by atoms with Crippen molar-refractivity contribution < 1.29 is 27.0 Å². The van der Waals surface area contributed by atoms with Gasteiger partial charge in [0.15, 0.2) is 22.2 Å². The van der Waals surface area contributed by atoms with E-state index in [4.69, 9.17) is 18.6 Å². The molecule has 1 aliphatic rings.